The van der Waals surface area contributed by atoms with Crippen LogP contribution in [0, 0.1) is 0 Å². The average molecular weight is 360 g/mol. The van der Waals surface area contributed by atoms with Gasteiger partial charge in [0.1, 0.15) is 5.75 Å². The van der Waals surface area contributed by atoms with Crippen molar-refractivity contribution in [1.29, 1.82) is 0 Å². The van der Waals surface area contributed by atoms with Crippen molar-refractivity contribution in [2.45, 2.75) is 56.9 Å². The summed E-state index contributed by atoms with van der Waals surface area (Å²) < 4.78 is 11.5. The van der Waals surface area contributed by atoms with E-state index < -0.39 is 0 Å². The second-order valence-corrected chi connectivity index (χ2v) is 8.26. The molecule has 3 heterocycles. The van der Waals surface area contributed by atoms with Gasteiger partial charge in [-0.05, 0) is 56.5 Å². The minimum atomic E-state index is -0.267. The quantitative estimate of drug-likeness (QED) is 0.874. The highest BCUT2D eigenvalue weighted by Gasteiger charge is 2.42. The molecule has 3 saturated heterocycles. The molecule has 3 aliphatic heterocycles. The van der Waals surface area contributed by atoms with Gasteiger partial charge in [0, 0.05) is 38.2 Å². The molecule has 1 aromatic carbocycles. The van der Waals surface area contributed by atoms with Crippen molar-refractivity contribution >= 4 is 0 Å². The lowest BCUT2D eigenvalue weighted by Crippen LogP contribution is -2.43. The maximum absolute atomic E-state index is 9.79. The van der Waals surface area contributed by atoms with E-state index in [9.17, 15) is 5.11 Å². The number of hydrogen-bond donors (Lipinski definition) is 1. The fraction of sp³-hybridized carbons (Fsp3) is 0.714. The summed E-state index contributed by atoms with van der Waals surface area (Å²) in [6, 6.07) is 6.66. The molecule has 1 atom stereocenters. The molecule has 0 bridgehead atoms. The minimum Gasteiger partial charge on any atom is -0.496 e. The van der Waals surface area contributed by atoms with Crippen molar-refractivity contribution in [2.24, 2.45) is 0 Å². The summed E-state index contributed by atoms with van der Waals surface area (Å²) in [5.74, 6) is 1.01. The highest BCUT2D eigenvalue weighted by molar-refractivity contribution is 5.37. The van der Waals surface area contributed by atoms with Gasteiger partial charge in [0.05, 0.1) is 25.4 Å². The summed E-state index contributed by atoms with van der Waals surface area (Å²) in [5, 5.41) is 9.79. The molecule has 0 saturated carbocycles. The van der Waals surface area contributed by atoms with E-state index in [0.717, 1.165) is 51.2 Å². The van der Waals surface area contributed by atoms with Gasteiger partial charge in [0.2, 0.25) is 0 Å². The lowest BCUT2D eigenvalue weighted by molar-refractivity contribution is -0.0456. The first kappa shape index (κ1) is 18.2. The predicted molar refractivity (Wildman–Crippen MR) is 101 cm³/mol. The third kappa shape index (κ3) is 4.06. The number of aliphatic hydroxyl groups excluding tert-OH is 1. The van der Waals surface area contributed by atoms with Crippen LogP contribution in [-0.4, -0.2) is 66.5 Å². The number of likely N-dealkylation sites (tertiary alicyclic amines) is 2. The zero-order valence-electron chi connectivity index (χ0n) is 16.0. The second kappa shape index (κ2) is 7.85. The van der Waals surface area contributed by atoms with Gasteiger partial charge in [-0.25, -0.2) is 0 Å². The van der Waals surface area contributed by atoms with Gasteiger partial charge < -0.3 is 14.6 Å². The molecule has 0 aromatic heterocycles. The summed E-state index contributed by atoms with van der Waals surface area (Å²) in [6.45, 7) is 6.97. The Bertz CT molecular complexity index is 607. The van der Waals surface area contributed by atoms with E-state index in [1.807, 2.05) is 0 Å². The summed E-state index contributed by atoms with van der Waals surface area (Å²) >= 11 is 0. The van der Waals surface area contributed by atoms with E-state index in [1.54, 1.807) is 7.11 Å². The standard InChI is InChI=1S/C21H32N2O3/c1-25-20-5-4-17(12-18(20)15-22-8-2-3-9-22)14-23-10-6-21(7-11-23)13-19(24)16-26-21/h4-5,12,19,24H,2-3,6-11,13-16H2,1H3/t19-/m1/s1. The fourth-order valence-corrected chi connectivity index (χ4v) is 4.78. The molecule has 1 aromatic rings. The smallest absolute Gasteiger partial charge is 0.123 e. The van der Waals surface area contributed by atoms with Crippen LogP contribution in [0.2, 0.25) is 0 Å². The molecule has 0 radical (unpaired) electrons. The molecular weight excluding hydrogens is 328 g/mol. The Morgan fingerprint density at radius 2 is 1.85 bits per heavy atom. The monoisotopic (exact) mass is 360 g/mol. The van der Waals surface area contributed by atoms with Gasteiger partial charge in [-0.1, -0.05) is 6.07 Å². The predicted octanol–water partition coefficient (Wildman–Crippen LogP) is 2.41. The zero-order chi connectivity index (χ0) is 18.0. The summed E-state index contributed by atoms with van der Waals surface area (Å²) in [5.41, 5.74) is 2.61. The Kier molecular flexibility index (Phi) is 5.50. The highest BCUT2D eigenvalue weighted by Crippen LogP contribution is 2.36. The van der Waals surface area contributed by atoms with Crippen LogP contribution in [0.25, 0.3) is 0 Å². The molecule has 144 valence electrons. The molecule has 5 nitrogen and oxygen atoms in total. The first-order chi connectivity index (χ1) is 12.7. The van der Waals surface area contributed by atoms with Crippen LogP contribution >= 0.6 is 0 Å². The molecule has 5 heteroatoms. The van der Waals surface area contributed by atoms with E-state index in [0.29, 0.717) is 6.61 Å². The Balaban J connectivity index is 1.37. The molecule has 1 N–H and O–H groups in total. The number of benzene rings is 1. The summed E-state index contributed by atoms with van der Waals surface area (Å²) in [6.07, 6.45) is 5.23. The van der Waals surface area contributed by atoms with Crippen molar-refractivity contribution in [3.63, 3.8) is 0 Å². The van der Waals surface area contributed by atoms with Crippen molar-refractivity contribution in [1.82, 2.24) is 9.80 Å². The molecule has 3 aliphatic rings. The van der Waals surface area contributed by atoms with Crippen LogP contribution in [0.4, 0.5) is 0 Å². The molecule has 0 aliphatic carbocycles. The average Bonchev–Trinajstić information content (AvgIpc) is 3.28. The molecule has 4 rings (SSSR count). The number of piperidine rings is 1. The summed E-state index contributed by atoms with van der Waals surface area (Å²) in [4.78, 5) is 5.04. The van der Waals surface area contributed by atoms with Gasteiger partial charge in [-0.15, -0.1) is 0 Å². The minimum absolute atomic E-state index is 0.0588. The van der Waals surface area contributed by atoms with Crippen LogP contribution < -0.4 is 4.74 Å². The molecule has 0 unspecified atom stereocenters. The lowest BCUT2D eigenvalue weighted by atomic mass is 9.88. The number of aliphatic hydroxyl groups is 1. The number of methoxy groups -OCH3 is 1. The SMILES string of the molecule is COc1ccc(CN2CCC3(CC2)C[C@@H](O)CO3)cc1CN1CCCC1. The number of rotatable bonds is 5. The van der Waals surface area contributed by atoms with Crippen molar-refractivity contribution in [3.05, 3.63) is 29.3 Å². The topological polar surface area (TPSA) is 45.2 Å². The van der Waals surface area contributed by atoms with Crippen molar-refractivity contribution in [2.75, 3.05) is 39.9 Å². The third-order valence-electron chi connectivity index (χ3n) is 6.30. The van der Waals surface area contributed by atoms with E-state index >= 15 is 0 Å². The molecular formula is C21H32N2O3. The Labute approximate surface area is 156 Å². The van der Waals surface area contributed by atoms with Crippen LogP contribution in [-0.2, 0) is 17.8 Å². The molecule has 1 spiro atoms. The second-order valence-electron chi connectivity index (χ2n) is 8.26. The van der Waals surface area contributed by atoms with Gasteiger partial charge in [-0.3, -0.25) is 9.80 Å². The Morgan fingerprint density at radius 3 is 2.50 bits per heavy atom. The van der Waals surface area contributed by atoms with Crippen molar-refractivity contribution < 1.29 is 14.6 Å². The van der Waals surface area contributed by atoms with Gasteiger partial charge in [-0.2, -0.15) is 0 Å². The van der Waals surface area contributed by atoms with E-state index in [1.165, 1.54) is 37.1 Å². The maximum atomic E-state index is 9.79. The van der Waals surface area contributed by atoms with Gasteiger partial charge >= 0.3 is 0 Å². The lowest BCUT2D eigenvalue weighted by Gasteiger charge is -2.38. The number of nitrogens with zero attached hydrogens (tertiary/aromatic N) is 2. The van der Waals surface area contributed by atoms with Gasteiger partial charge in [0.15, 0.2) is 0 Å². The van der Waals surface area contributed by atoms with E-state index in [2.05, 4.69) is 28.0 Å². The summed E-state index contributed by atoms with van der Waals surface area (Å²) in [7, 11) is 1.77. The first-order valence-electron chi connectivity index (χ1n) is 10.1. The van der Waals surface area contributed by atoms with Crippen molar-refractivity contribution in [3.8, 4) is 5.75 Å². The van der Waals surface area contributed by atoms with E-state index in [-0.39, 0.29) is 11.7 Å². The largest absolute Gasteiger partial charge is 0.496 e. The Morgan fingerprint density at radius 1 is 1.12 bits per heavy atom. The molecule has 26 heavy (non-hydrogen) atoms. The van der Waals surface area contributed by atoms with Crippen LogP contribution in [0.15, 0.2) is 18.2 Å². The van der Waals surface area contributed by atoms with Crippen LogP contribution in [0.1, 0.15) is 43.2 Å². The Hall–Kier alpha value is -1.14. The fourth-order valence-electron chi connectivity index (χ4n) is 4.78. The molecule has 3 fully saturated rings. The maximum Gasteiger partial charge on any atom is 0.123 e. The van der Waals surface area contributed by atoms with E-state index in [4.69, 9.17) is 9.47 Å². The molecule has 0 amide bonds. The third-order valence-corrected chi connectivity index (χ3v) is 6.30. The van der Waals surface area contributed by atoms with Gasteiger partial charge in [0.25, 0.3) is 0 Å². The van der Waals surface area contributed by atoms with Crippen LogP contribution in [0.5, 0.6) is 5.75 Å². The first-order valence-corrected chi connectivity index (χ1v) is 10.1. The highest BCUT2D eigenvalue weighted by atomic mass is 16.5. The normalized spacial score (nSPS) is 26.6. The van der Waals surface area contributed by atoms with Crippen LogP contribution in [0.3, 0.4) is 0 Å². The number of ether oxygens (including phenoxy) is 2. The zero-order valence-corrected chi connectivity index (χ0v) is 16.0. The number of hydrogen-bond acceptors (Lipinski definition) is 5.